The van der Waals surface area contributed by atoms with Gasteiger partial charge in [-0.25, -0.2) is 0 Å². The number of carboxylic acid groups (broad SMARTS) is 1. The lowest BCUT2D eigenvalue weighted by Crippen LogP contribution is -2.20. The lowest BCUT2D eigenvalue weighted by atomic mass is 9.89. The molecule has 0 aliphatic rings. The number of aliphatic hydroxyl groups excluding tert-OH is 1. The van der Waals surface area contributed by atoms with E-state index in [0.717, 1.165) is 36.1 Å². The fraction of sp³-hybridized carbons (Fsp3) is 0.407. The summed E-state index contributed by atoms with van der Waals surface area (Å²) in [5, 5.41) is 24.9. The van der Waals surface area contributed by atoms with Gasteiger partial charge in [-0.1, -0.05) is 30.3 Å². The van der Waals surface area contributed by atoms with E-state index < -0.39 is 12.1 Å². The van der Waals surface area contributed by atoms with Gasteiger partial charge >= 0.3 is 5.97 Å². The van der Waals surface area contributed by atoms with Gasteiger partial charge in [-0.3, -0.25) is 9.48 Å². The van der Waals surface area contributed by atoms with Crippen LogP contribution in [0.25, 0.3) is 0 Å². The number of rotatable bonds is 13. The van der Waals surface area contributed by atoms with Crippen molar-refractivity contribution in [2.24, 2.45) is 5.92 Å². The summed E-state index contributed by atoms with van der Waals surface area (Å²) in [5.41, 5.74) is 3.63. The van der Waals surface area contributed by atoms with E-state index in [-0.39, 0.29) is 12.3 Å². The molecular formula is C27H34N2O5. The van der Waals surface area contributed by atoms with Gasteiger partial charge in [-0.15, -0.1) is 0 Å². The van der Waals surface area contributed by atoms with Gasteiger partial charge in [0.2, 0.25) is 0 Å². The standard InChI is InChI=1S/C27H34N2O5/c1-19-24(33-2)16-22(17-25(19)34-3)27(32)21(11-7-10-20-8-5-4-6-9-20)18-29-15-14-23(28-29)12-13-26(30)31/h4-6,8-9,14-17,21,27,32H,7,10-13,18H2,1-3H3,(H,30,31)/t21-,27?/m1/s1. The second-order valence-electron chi connectivity index (χ2n) is 8.56. The van der Waals surface area contributed by atoms with Crippen LogP contribution in [0.3, 0.4) is 0 Å². The molecule has 2 aromatic carbocycles. The highest BCUT2D eigenvalue weighted by Gasteiger charge is 2.24. The van der Waals surface area contributed by atoms with Crippen LogP contribution in [-0.2, 0) is 24.2 Å². The number of hydrogen-bond donors (Lipinski definition) is 2. The van der Waals surface area contributed by atoms with Crippen LogP contribution >= 0.6 is 0 Å². The van der Waals surface area contributed by atoms with Crippen LogP contribution in [0, 0.1) is 12.8 Å². The van der Waals surface area contributed by atoms with E-state index in [9.17, 15) is 9.90 Å². The van der Waals surface area contributed by atoms with Gasteiger partial charge in [-0.2, -0.15) is 5.10 Å². The first-order valence-corrected chi connectivity index (χ1v) is 11.6. The van der Waals surface area contributed by atoms with Crippen LogP contribution < -0.4 is 9.47 Å². The Bertz CT molecular complexity index is 1040. The topological polar surface area (TPSA) is 93.8 Å². The maximum Gasteiger partial charge on any atom is 0.303 e. The van der Waals surface area contributed by atoms with Crippen molar-refractivity contribution in [1.29, 1.82) is 0 Å². The molecule has 1 heterocycles. The highest BCUT2D eigenvalue weighted by Crippen LogP contribution is 2.36. The minimum atomic E-state index is -0.842. The zero-order chi connectivity index (χ0) is 24.5. The molecule has 0 saturated carbocycles. The predicted molar refractivity (Wildman–Crippen MR) is 130 cm³/mol. The number of methoxy groups -OCH3 is 2. The number of ether oxygens (including phenoxy) is 2. The summed E-state index contributed by atoms with van der Waals surface area (Å²) in [6.45, 7) is 2.44. The van der Waals surface area contributed by atoms with Crippen molar-refractivity contribution in [2.45, 2.75) is 51.7 Å². The van der Waals surface area contributed by atoms with Gasteiger partial charge in [0.25, 0.3) is 0 Å². The molecule has 0 saturated heterocycles. The summed E-state index contributed by atoms with van der Waals surface area (Å²) in [4.78, 5) is 10.9. The van der Waals surface area contributed by atoms with Crippen LogP contribution in [0.2, 0.25) is 0 Å². The van der Waals surface area contributed by atoms with Gasteiger partial charge in [0.05, 0.1) is 32.4 Å². The summed E-state index contributed by atoms with van der Waals surface area (Å²) in [7, 11) is 3.22. The first-order valence-electron chi connectivity index (χ1n) is 11.6. The van der Waals surface area contributed by atoms with Gasteiger partial charge in [0, 0.05) is 30.6 Å². The Hall–Kier alpha value is -3.32. The average molecular weight is 467 g/mol. The molecule has 0 amide bonds. The molecule has 7 heteroatoms. The molecule has 3 aromatic rings. The third kappa shape index (κ3) is 6.84. The minimum Gasteiger partial charge on any atom is -0.496 e. The largest absolute Gasteiger partial charge is 0.496 e. The Labute approximate surface area is 201 Å². The SMILES string of the molecule is COc1cc(C(O)[C@H](CCCc2ccccc2)Cn2ccc(CCC(=O)O)n2)cc(OC)c1C. The molecule has 182 valence electrons. The van der Waals surface area contributed by atoms with Gasteiger partial charge in [0.1, 0.15) is 11.5 Å². The summed E-state index contributed by atoms with van der Waals surface area (Å²) < 4.78 is 12.8. The van der Waals surface area contributed by atoms with E-state index >= 15 is 0 Å². The van der Waals surface area contributed by atoms with E-state index in [0.29, 0.717) is 24.5 Å². The molecule has 0 bridgehead atoms. The number of aryl methyl sites for hydroxylation is 2. The van der Waals surface area contributed by atoms with E-state index in [4.69, 9.17) is 14.6 Å². The number of aliphatic hydroxyl groups is 1. The predicted octanol–water partition coefficient (Wildman–Crippen LogP) is 4.60. The molecule has 0 fully saturated rings. The highest BCUT2D eigenvalue weighted by molar-refractivity contribution is 5.66. The smallest absolute Gasteiger partial charge is 0.303 e. The highest BCUT2D eigenvalue weighted by atomic mass is 16.5. The first kappa shape index (κ1) is 25.3. The molecule has 1 unspecified atom stereocenters. The molecule has 7 nitrogen and oxygen atoms in total. The van der Waals surface area contributed by atoms with Crippen LogP contribution in [0.5, 0.6) is 11.5 Å². The fourth-order valence-corrected chi connectivity index (χ4v) is 4.23. The maximum absolute atomic E-state index is 11.4. The number of aromatic nitrogens is 2. The van der Waals surface area contributed by atoms with Gasteiger partial charge in [0.15, 0.2) is 0 Å². The van der Waals surface area contributed by atoms with E-state index in [1.165, 1.54) is 5.56 Å². The Balaban J connectivity index is 1.79. The number of aliphatic carboxylic acids is 1. The number of hydrogen-bond acceptors (Lipinski definition) is 5. The molecular weight excluding hydrogens is 432 g/mol. The van der Waals surface area contributed by atoms with E-state index in [1.807, 2.05) is 49.5 Å². The van der Waals surface area contributed by atoms with Crippen molar-refractivity contribution in [3.05, 3.63) is 77.1 Å². The zero-order valence-electron chi connectivity index (χ0n) is 20.1. The van der Waals surface area contributed by atoms with Crippen molar-refractivity contribution in [2.75, 3.05) is 14.2 Å². The van der Waals surface area contributed by atoms with Crippen molar-refractivity contribution in [3.8, 4) is 11.5 Å². The summed E-state index contributed by atoms with van der Waals surface area (Å²) in [5.74, 6) is 0.400. The third-order valence-electron chi connectivity index (χ3n) is 6.16. The number of benzene rings is 2. The molecule has 2 N–H and O–H groups in total. The fourth-order valence-electron chi connectivity index (χ4n) is 4.23. The Morgan fingerprint density at radius 1 is 1.06 bits per heavy atom. The third-order valence-corrected chi connectivity index (χ3v) is 6.16. The Kier molecular flexibility index (Phi) is 9.10. The van der Waals surface area contributed by atoms with Gasteiger partial charge < -0.3 is 19.7 Å². The monoisotopic (exact) mass is 466 g/mol. The number of carbonyl (C=O) groups is 1. The van der Waals surface area contributed by atoms with Crippen molar-refractivity contribution in [1.82, 2.24) is 9.78 Å². The first-order chi connectivity index (χ1) is 16.4. The summed E-state index contributed by atoms with van der Waals surface area (Å²) in [6, 6.07) is 15.9. The van der Waals surface area contributed by atoms with Crippen LogP contribution in [-0.4, -0.2) is 40.2 Å². The zero-order valence-corrected chi connectivity index (χ0v) is 20.1. The van der Waals surface area contributed by atoms with E-state index in [2.05, 4.69) is 17.2 Å². The molecule has 1 aromatic heterocycles. The van der Waals surface area contributed by atoms with Crippen molar-refractivity contribution < 1.29 is 24.5 Å². The second-order valence-corrected chi connectivity index (χ2v) is 8.56. The van der Waals surface area contributed by atoms with E-state index in [1.54, 1.807) is 18.9 Å². The average Bonchev–Trinajstić information content (AvgIpc) is 3.30. The van der Waals surface area contributed by atoms with Crippen LogP contribution in [0.4, 0.5) is 0 Å². The maximum atomic E-state index is 11.4. The number of carboxylic acids is 1. The Morgan fingerprint density at radius 3 is 2.35 bits per heavy atom. The molecule has 0 aliphatic heterocycles. The lowest BCUT2D eigenvalue weighted by Gasteiger charge is -2.25. The summed E-state index contributed by atoms with van der Waals surface area (Å²) >= 11 is 0. The normalized spacial score (nSPS) is 12.8. The molecule has 0 aliphatic carbocycles. The number of nitrogens with zero attached hydrogens (tertiary/aromatic N) is 2. The summed E-state index contributed by atoms with van der Waals surface area (Å²) in [6.07, 6.45) is 4.17. The lowest BCUT2D eigenvalue weighted by molar-refractivity contribution is -0.136. The molecule has 0 spiro atoms. The molecule has 0 radical (unpaired) electrons. The van der Waals surface area contributed by atoms with Gasteiger partial charge in [-0.05, 0) is 55.5 Å². The molecule has 34 heavy (non-hydrogen) atoms. The van der Waals surface area contributed by atoms with Crippen LogP contribution in [0.1, 0.15) is 47.8 Å². The van der Waals surface area contributed by atoms with Crippen LogP contribution in [0.15, 0.2) is 54.7 Å². The molecule has 2 atom stereocenters. The minimum absolute atomic E-state index is 0.0447. The second kappa shape index (κ2) is 12.2. The molecule has 3 rings (SSSR count). The Morgan fingerprint density at radius 2 is 1.74 bits per heavy atom. The quantitative estimate of drug-likeness (QED) is 0.382. The van der Waals surface area contributed by atoms with Crippen molar-refractivity contribution in [3.63, 3.8) is 0 Å². The van der Waals surface area contributed by atoms with Crippen molar-refractivity contribution >= 4 is 5.97 Å².